The van der Waals surface area contributed by atoms with Gasteiger partial charge in [-0.15, -0.1) is 0 Å². The van der Waals surface area contributed by atoms with Gasteiger partial charge in [-0.2, -0.15) is 0 Å². The topological polar surface area (TPSA) is 124 Å². The maximum Gasteiger partial charge on any atom is 0.350 e. The fraction of sp³-hybridized carbons (Fsp3) is 0.375. The number of aryl methyl sites for hydroxylation is 1. The van der Waals surface area contributed by atoms with Gasteiger partial charge >= 0.3 is 11.9 Å². The van der Waals surface area contributed by atoms with Crippen LogP contribution in [0.1, 0.15) is 71.2 Å². The average molecular weight is 607 g/mol. The maximum absolute atomic E-state index is 13.7. The minimum Gasteiger partial charge on any atom is -0.507 e. The number of amides is 1. The normalized spacial score (nSPS) is 18.9. The number of thiazole rings is 1. The third kappa shape index (κ3) is 5.69. The number of benzene rings is 2. The number of anilines is 1. The number of Topliss-reactive ketones (excluding diaryl/α,β-unsaturated/α-hetero) is 1. The first kappa shape index (κ1) is 30.1. The summed E-state index contributed by atoms with van der Waals surface area (Å²) in [5, 5.41) is 11.8. The first-order valence-electron chi connectivity index (χ1n) is 14.2. The number of esters is 1. The number of hydrogen-bond acceptors (Lipinski definition) is 10. The predicted octanol–water partition coefficient (Wildman–Crippen LogP) is 5.77. The quantitative estimate of drug-likeness (QED) is 0.101. The van der Waals surface area contributed by atoms with Gasteiger partial charge in [0.05, 0.1) is 38.1 Å². The lowest BCUT2D eigenvalue weighted by Crippen LogP contribution is -2.29. The van der Waals surface area contributed by atoms with Gasteiger partial charge in [-0.1, -0.05) is 37.2 Å². The first-order valence-corrected chi connectivity index (χ1v) is 15.0. The Labute approximate surface area is 253 Å². The van der Waals surface area contributed by atoms with Crippen molar-refractivity contribution in [3.05, 3.63) is 69.2 Å². The van der Waals surface area contributed by atoms with Crippen molar-refractivity contribution in [2.45, 2.75) is 58.6 Å². The molecular formula is C32H34N2O8S. The van der Waals surface area contributed by atoms with Crippen LogP contribution in [0.15, 0.2) is 42.0 Å². The van der Waals surface area contributed by atoms with E-state index in [4.69, 9.17) is 18.9 Å². The van der Waals surface area contributed by atoms with Crippen LogP contribution in [0.4, 0.5) is 5.13 Å². The van der Waals surface area contributed by atoms with E-state index in [1.807, 2.05) is 6.92 Å². The molecule has 226 valence electrons. The molecule has 0 spiro atoms. The Hall–Kier alpha value is -4.38. The van der Waals surface area contributed by atoms with Crippen molar-refractivity contribution in [3.63, 3.8) is 0 Å². The Kier molecular flexibility index (Phi) is 8.72. The van der Waals surface area contributed by atoms with E-state index in [1.165, 1.54) is 19.1 Å². The number of fused-ring (bicyclic) bond motifs is 1. The van der Waals surface area contributed by atoms with Crippen LogP contribution >= 0.6 is 11.3 Å². The number of methoxy groups -OCH3 is 2. The predicted molar refractivity (Wildman–Crippen MR) is 161 cm³/mol. The lowest BCUT2D eigenvalue weighted by Gasteiger charge is -2.24. The number of unbranched alkanes of at least 4 members (excludes halogenated alkanes) is 2. The minimum absolute atomic E-state index is 0.00898. The smallest absolute Gasteiger partial charge is 0.350 e. The van der Waals surface area contributed by atoms with Gasteiger partial charge in [0.25, 0.3) is 5.78 Å². The van der Waals surface area contributed by atoms with E-state index in [-0.39, 0.29) is 27.4 Å². The zero-order valence-corrected chi connectivity index (χ0v) is 25.6. The van der Waals surface area contributed by atoms with Gasteiger partial charge in [0.15, 0.2) is 16.6 Å². The molecule has 0 bridgehead atoms. The molecule has 0 radical (unpaired) electrons. The summed E-state index contributed by atoms with van der Waals surface area (Å²) in [5.41, 5.74) is 2.01. The summed E-state index contributed by atoms with van der Waals surface area (Å²) in [6.45, 7) is 6.20. The molecule has 0 saturated carbocycles. The summed E-state index contributed by atoms with van der Waals surface area (Å²) in [5.74, 6) is -1.04. The standard InChI is InChI=1S/C32H34N2O8S/c1-6-7-8-13-41-23-12-9-19(16-24(23)39-4)26-25(27(35)20-10-11-22-21(15-20)14-17(2)42-22)28(36)30(37)34(26)32-33-18(3)29(43-32)31(38)40-5/h9-12,15-17,26,35H,6-8,13-14H2,1-5H3/b27-25+. The SMILES string of the molecule is CCCCCOc1ccc(C2/C(=C(\O)c3ccc4c(c3)CC(C)O4)C(=O)C(=O)N2c2nc(C)c(C(=O)OC)s2)cc1OC. The summed E-state index contributed by atoms with van der Waals surface area (Å²) in [6, 6.07) is 9.26. The zero-order valence-electron chi connectivity index (χ0n) is 24.8. The second-order valence-corrected chi connectivity index (χ2v) is 11.5. The van der Waals surface area contributed by atoms with Crippen molar-refractivity contribution < 1.29 is 38.4 Å². The van der Waals surface area contributed by atoms with E-state index in [1.54, 1.807) is 43.3 Å². The van der Waals surface area contributed by atoms with Crippen molar-refractivity contribution >= 4 is 39.9 Å². The van der Waals surface area contributed by atoms with Crippen molar-refractivity contribution in [3.8, 4) is 17.2 Å². The van der Waals surface area contributed by atoms with Crippen molar-refractivity contribution in [1.82, 2.24) is 4.98 Å². The molecule has 5 rings (SSSR count). The zero-order chi connectivity index (χ0) is 30.8. The summed E-state index contributed by atoms with van der Waals surface area (Å²) in [6.07, 6.45) is 3.62. The molecule has 1 saturated heterocycles. The Morgan fingerprint density at radius 1 is 1.14 bits per heavy atom. The van der Waals surface area contributed by atoms with E-state index in [9.17, 15) is 19.5 Å². The molecule has 2 aliphatic rings. The monoisotopic (exact) mass is 606 g/mol. The van der Waals surface area contributed by atoms with Crippen LogP contribution in [0.2, 0.25) is 0 Å². The minimum atomic E-state index is -1.07. The van der Waals surface area contributed by atoms with E-state index < -0.39 is 23.7 Å². The molecule has 11 heteroatoms. The van der Waals surface area contributed by atoms with E-state index in [2.05, 4.69) is 11.9 Å². The number of nitrogens with zero attached hydrogens (tertiary/aromatic N) is 2. The highest BCUT2D eigenvalue weighted by Gasteiger charge is 2.48. The van der Waals surface area contributed by atoms with Gasteiger partial charge in [-0.05, 0) is 61.7 Å². The van der Waals surface area contributed by atoms with Gasteiger partial charge in [0, 0.05) is 12.0 Å². The number of rotatable bonds is 10. The summed E-state index contributed by atoms with van der Waals surface area (Å²) < 4.78 is 22.2. The van der Waals surface area contributed by atoms with E-state index in [0.717, 1.165) is 36.2 Å². The molecule has 1 amide bonds. The van der Waals surface area contributed by atoms with Crippen molar-refractivity contribution in [1.29, 1.82) is 0 Å². The Bertz CT molecular complexity index is 1610. The Balaban J connectivity index is 1.64. The lowest BCUT2D eigenvalue weighted by molar-refractivity contribution is -0.132. The lowest BCUT2D eigenvalue weighted by atomic mass is 9.94. The number of ether oxygens (including phenoxy) is 4. The maximum atomic E-state index is 13.7. The third-order valence-corrected chi connectivity index (χ3v) is 8.62. The van der Waals surface area contributed by atoms with Crippen LogP contribution in [0.5, 0.6) is 17.2 Å². The van der Waals surface area contributed by atoms with Crippen LogP contribution < -0.4 is 19.1 Å². The molecule has 1 N–H and O–H groups in total. The Morgan fingerprint density at radius 3 is 2.65 bits per heavy atom. The summed E-state index contributed by atoms with van der Waals surface area (Å²) >= 11 is 0.939. The van der Waals surface area contributed by atoms with Crippen LogP contribution in [0, 0.1) is 6.92 Å². The van der Waals surface area contributed by atoms with Gasteiger partial charge < -0.3 is 24.1 Å². The largest absolute Gasteiger partial charge is 0.507 e. The summed E-state index contributed by atoms with van der Waals surface area (Å²) in [7, 11) is 2.77. The van der Waals surface area contributed by atoms with Crippen LogP contribution in [0.25, 0.3) is 5.76 Å². The third-order valence-electron chi connectivity index (χ3n) is 7.48. The molecular weight excluding hydrogens is 572 g/mol. The molecule has 3 heterocycles. The molecule has 2 aromatic carbocycles. The molecule has 1 aromatic heterocycles. The van der Waals surface area contributed by atoms with E-state index in [0.29, 0.717) is 47.1 Å². The van der Waals surface area contributed by atoms with Gasteiger partial charge in [-0.25, -0.2) is 9.78 Å². The van der Waals surface area contributed by atoms with Gasteiger partial charge in [0.2, 0.25) is 0 Å². The number of aromatic nitrogens is 1. The number of ketones is 1. The van der Waals surface area contributed by atoms with Gasteiger partial charge in [-0.3, -0.25) is 14.5 Å². The number of hydrogen-bond donors (Lipinski definition) is 1. The number of aliphatic hydroxyl groups excluding tert-OH is 1. The molecule has 10 nitrogen and oxygen atoms in total. The highest BCUT2D eigenvalue weighted by Crippen LogP contribution is 2.46. The molecule has 43 heavy (non-hydrogen) atoms. The van der Waals surface area contributed by atoms with E-state index >= 15 is 0 Å². The van der Waals surface area contributed by atoms with Gasteiger partial charge in [0.1, 0.15) is 22.5 Å². The summed E-state index contributed by atoms with van der Waals surface area (Å²) in [4.78, 5) is 45.6. The van der Waals surface area contributed by atoms with Crippen LogP contribution in [-0.4, -0.2) is 54.7 Å². The van der Waals surface area contributed by atoms with Crippen molar-refractivity contribution in [2.75, 3.05) is 25.7 Å². The van der Waals surface area contributed by atoms with Crippen LogP contribution in [-0.2, 0) is 20.7 Å². The molecule has 1 fully saturated rings. The number of carbonyl (C=O) groups is 3. The second kappa shape index (κ2) is 12.5. The molecule has 3 aromatic rings. The highest BCUT2D eigenvalue weighted by atomic mass is 32.1. The van der Waals surface area contributed by atoms with Crippen molar-refractivity contribution in [2.24, 2.45) is 0 Å². The Morgan fingerprint density at radius 2 is 1.93 bits per heavy atom. The molecule has 2 unspecified atom stereocenters. The second-order valence-electron chi connectivity index (χ2n) is 10.5. The number of aliphatic hydroxyl groups is 1. The van der Waals surface area contributed by atoms with Crippen LogP contribution in [0.3, 0.4) is 0 Å². The molecule has 2 aliphatic heterocycles. The number of carbonyl (C=O) groups excluding carboxylic acids is 3. The highest BCUT2D eigenvalue weighted by molar-refractivity contribution is 7.17. The first-order chi connectivity index (χ1) is 20.7. The fourth-order valence-corrected chi connectivity index (χ4v) is 6.36. The fourth-order valence-electron chi connectivity index (χ4n) is 5.35. The average Bonchev–Trinajstić information content (AvgIpc) is 3.65. The molecule has 2 atom stereocenters. The molecule has 0 aliphatic carbocycles.